The minimum Gasteiger partial charge on any atom is -0.478 e. The number of anilines is 3. The number of piperazine rings is 1. The van der Waals surface area contributed by atoms with Crippen LogP contribution in [0.3, 0.4) is 0 Å². The summed E-state index contributed by atoms with van der Waals surface area (Å²) in [6.45, 7) is 6.10. The number of aromatic nitrogens is 3. The van der Waals surface area contributed by atoms with Crippen LogP contribution in [0.4, 0.5) is 17.3 Å². The first kappa shape index (κ1) is 21.8. The van der Waals surface area contributed by atoms with Crippen LogP contribution in [0.1, 0.15) is 13.8 Å². The van der Waals surface area contributed by atoms with E-state index in [0.717, 1.165) is 11.5 Å². The first-order valence-corrected chi connectivity index (χ1v) is 10.8. The molecule has 0 spiro atoms. The van der Waals surface area contributed by atoms with Crippen LogP contribution in [-0.4, -0.2) is 57.8 Å². The molecule has 2 aromatic heterocycles. The zero-order chi connectivity index (χ0) is 22.6. The average Bonchev–Trinajstić information content (AvgIpc) is 2.81. The Hall–Kier alpha value is -3.39. The summed E-state index contributed by atoms with van der Waals surface area (Å²) in [6.07, 6.45) is 3.44. The molecule has 1 fully saturated rings. The van der Waals surface area contributed by atoms with Crippen LogP contribution in [-0.2, 0) is 4.79 Å². The Morgan fingerprint density at radius 1 is 1.03 bits per heavy atom. The van der Waals surface area contributed by atoms with Crippen molar-refractivity contribution >= 4 is 34.8 Å². The van der Waals surface area contributed by atoms with Crippen molar-refractivity contribution in [3.8, 4) is 5.75 Å². The fraction of sp³-hybridized carbons (Fsp3) is 0.304. The third-order valence-electron chi connectivity index (χ3n) is 5.18. The van der Waals surface area contributed by atoms with Crippen LogP contribution in [0.15, 0.2) is 60.9 Å². The normalized spacial score (nSPS) is 14.2. The zero-order valence-corrected chi connectivity index (χ0v) is 18.8. The van der Waals surface area contributed by atoms with Crippen molar-refractivity contribution in [3.05, 3.63) is 65.9 Å². The van der Waals surface area contributed by atoms with E-state index in [1.165, 1.54) is 0 Å². The Labute approximate surface area is 192 Å². The largest absolute Gasteiger partial charge is 0.478 e. The zero-order valence-electron chi connectivity index (χ0n) is 18.0. The van der Waals surface area contributed by atoms with Gasteiger partial charge in [-0.3, -0.25) is 9.78 Å². The van der Waals surface area contributed by atoms with Crippen LogP contribution >= 0.6 is 11.6 Å². The van der Waals surface area contributed by atoms with Crippen molar-refractivity contribution < 1.29 is 9.53 Å². The average molecular weight is 453 g/mol. The van der Waals surface area contributed by atoms with E-state index in [9.17, 15) is 4.79 Å². The summed E-state index contributed by atoms with van der Waals surface area (Å²) in [7, 11) is 0. The highest BCUT2D eigenvalue weighted by atomic mass is 35.5. The van der Waals surface area contributed by atoms with Crippen molar-refractivity contribution in [2.75, 3.05) is 36.4 Å². The number of carbonyl (C=O) groups excluding carboxylic acids is 1. The van der Waals surface area contributed by atoms with E-state index in [1.54, 1.807) is 50.5 Å². The van der Waals surface area contributed by atoms with E-state index >= 15 is 0 Å². The predicted octanol–water partition coefficient (Wildman–Crippen LogP) is 3.77. The van der Waals surface area contributed by atoms with Crippen LogP contribution in [0.2, 0.25) is 5.02 Å². The van der Waals surface area contributed by atoms with Crippen molar-refractivity contribution in [1.82, 2.24) is 20.1 Å². The minimum absolute atomic E-state index is 0.0470. The number of hydrogen-bond acceptors (Lipinski definition) is 7. The number of amides is 1. The van der Waals surface area contributed by atoms with Gasteiger partial charge in [0.05, 0.1) is 11.9 Å². The molecule has 0 unspecified atom stereocenters. The highest BCUT2D eigenvalue weighted by Crippen LogP contribution is 2.24. The van der Waals surface area contributed by atoms with E-state index in [2.05, 4.69) is 25.4 Å². The van der Waals surface area contributed by atoms with Gasteiger partial charge in [-0.25, -0.2) is 0 Å². The number of rotatable bonds is 6. The maximum Gasteiger partial charge on any atom is 0.266 e. The quantitative estimate of drug-likeness (QED) is 0.609. The number of nitrogens with zero attached hydrogens (tertiary/aromatic N) is 5. The smallest absolute Gasteiger partial charge is 0.266 e. The van der Waals surface area contributed by atoms with Gasteiger partial charge in [-0.2, -0.15) is 0 Å². The molecule has 0 radical (unpaired) electrons. The number of halogens is 1. The number of ether oxygens (including phenoxy) is 1. The van der Waals surface area contributed by atoms with Crippen molar-refractivity contribution in [2.45, 2.75) is 19.4 Å². The van der Waals surface area contributed by atoms with Gasteiger partial charge in [-0.1, -0.05) is 11.6 Å². The lowest BCUT2D eigenvalue weighted by Gasteiger charge is -2.38. The van der Waals surface area contributed by atoms with Gasteiger partial charge in [0.25, 0.3) is 5.91 Å². The van der Waals surface area contributed by atoms with Crippen LogP contribution in [0, 0.1) is 0 Å². The number of carbonyl (C=O) groups is 1. The number of nitrogens with one attached hydrogen (secondary N) is 1. The first-order chi connectivity index (χ1) is 15.4. The monoisotopic (exact) mass is 452 g/mol. The molecule has 1 saturated heterocycles. The Balaban J connectivity index is 1.32. The van der Waals surface area contributed by atoms with Gasteiger partial charge < -0.3 is 19.9 Å². The molecule has 8 nitrogen and oxygen atoms in total. The Bertz CT molecular complexity index is 1040. The van der Waals surface area contributed by atoms with Gasteiger partial charge in [-0.15, -0.1) is 10.2 Å². The van der Waals surface area contributed by atoms with Gasteiger partial charge in [0.15, 0.2) is 17.2 Å². The maximum absolute atomic E-state index is 13.1. The van der Waals surface area contributed by atoms with Crippen LogP contribution < -0.4 is 15.0 Å². The van der Waals surface area contributed by atoms with E-state index in [-0.39, 0.29) is 5.91 Å². The Kier molecular flexibility index (Phi) is 6.41. The van der Waals surface area contributed by atoms with Crippen molar-refractivity contribution in [3.63, 3.8) is 0 Å². The molecule has 0 saturated carbocycles. The molecular weight excluding hydrogens is 428 g/mol. The van der Waals surface area contributed by atoms with Gasteiger partial charge in [-0.05, 0) is 62.4 Å². The molecule has 4 rings (SSSR count). The molecule has 32 heavy (non-hydrogen) atoms. The summed E-state index contributed by atoms with van der Waals surface area (Å²) in [5, 5.41) is 12.4. The molecule has 0 aliphatic carbocycles. The second kappa shape index (κ2) is 9.40. The first-order valence-electron chi connectivity index (χ1n) is 10.4. The molecule has 0 bridgehead atoms. The highest BCUT2D eigenvalue weighted by molar-refractivity contribution is 6.30. The van der Waals surface area contributed by atoms with Gasteiger partial charge in [0.2, 0.25) is 0 Å². The van der Waals surface area contributed by atoms with E-state index in [1.807, 2.05) is 29.2 Å². The summed E-state index contributed by atoms with van der Waals surface area (Å²) in [4.78, 5) is 21.1. The molecule has 1 N–H and O–H groups in total. The second-order valence-corrected chi connectivity index (χ2v) is 8.43. The molecule has 1 amide bonds. The van der Waals surface area contributed by atoms with Gasteiger partial charge >= 0.3 is 0 Å². The van der Waals surface area contributed by atoms with Crippen LogP contribution in [0.25, 0.3) is 0 Å². The van der Waals surface area contributed by atoms with Crippen LogP contribution in [0.5, 0.6) is 5.75 Å². The predicted molar refractivity (Wildman–Crippen MR) is 125 cm³/mol. The van der Waals surface area contributed by atoms with Gasteiger partial charge in [0, 0.05) is 37.4 Å². The van der Waals surface area contributed by atoms with E-state index in [4.69, 9.17) is 16.3 Å². The standard InChI is InChI=1S/C23H25ClN6O2/c1-23(2,32-19-7-5-17(24)6-8-19)22(31)30-14-12-29(13-15-30)21-10-9-20(27-28-21)26-18-4-3-11-25-16-18/h3-11,16H,12-15H2,1-2H3,(H,26,27). The molecule has 166 valence electrons. The number of hydrogen-bond donors (Lipinski definition) is 1. The van der Waals surface area contributed by atoms with E-state index in [0.29, 0.717) is 42.8 Å². The topological polar surface area (TPSA) is 83.5 Å². The molecule has 3 heterocycles. The molecule has 9 heteroatoms. The Morgan fingerprint density at radius 3 is 2.41 bits per heavy atom. The summed E-state index contributed by atoms with van der Waals surface area (Å²) in [5.74, 6) is 2.00. The SMILES string of the molecule is CC(C)(Oc1ccc(Cl)cc1)C(=O)N1CCN(c2ccc(Nc3cccnc3)nn2)CC1. The second-order valence-electron chi connectivity index (χ2n) is 7.99. The molecule has 0 atom stereocenters. The molecule has 1 aliphatic heterocycles. The Morgan fingerprint density at radius 2 is 1.78 bits per heavy atom. The molecule has 1 aromatic carbocycles. The highest BCUT2D eigenvalue weighted by Gasteiger charge is 2.36. The van der Waals surface area contributed by atoms with Crippen molar-refractivity contribution in [2.24, 2.45) is 0 Å². The van der Waals surface area contributed by atoms with E-state index < -0.39 is 5.60 Å². The fourth-order valence-corrected chi connectivity index (χ4v) is 3.63. The van der Waals surface area contributed by atoms with Crippen molar-refractivity contribution in [1.29, 1.82) is 0 Å². The minimum atomic E-state index is -0.977. The lowest BCUT2D eigenvalue weighted by molar-refractivity contribution is -0.145. The number of pyridine rings is 1. The lowest BCUT2D eigenvalue weighted by Crippen LogP contribution is -2.56. The number of benzene rings is 1. The fourth-order valence-electron chi connectivity index (χ4n) is 3.51. The maximum atomic E-state index is 13.1. The summed E-state index contributed by atoms with van der Waals surface area (Å²) >= 11 is 5.93. The third kappa shape index (κ3) is 5.26. The van der Waals surface area contributed by atoms with Gasteiger partial charge in [0.1, 0.15) is 5.75 Å². The third-order valence-corrected chi connectivity index (χ3v) is 5.43. The molecular formula is C23H25ClN6O2. The molecule has 3 aromatic rings. The summed E-state index contributed by atoms with van der Waals surface area (Å²) in [6, 6.07) is 14.6. The summed E-state index contributed by atoms with van der Waals surface area (Å²) < 4.78 is 5.95. The molecule has 1 aliphatic rings. The summed E-state index contributed by atoms with van der Waals surface area (Å²) in [5.41, 5.74) is -0.125. The lowest BCUT2D eigenvalue weighted by atomic mass is 10.1.